The van der Waals surface area contributed by atoms with Crippen LogP contribution in [0.25, 0.3) is 0 Å². The molecule has 0 bridgehead atoms. The zero-order chi connectivity index (χ0) is 30.2. The molecule has 1 aromatic carbocycles. The first kappa shape index (κ1) is 29.7. The lowest BCUT2D eigenvalue weighted by Gasteiger charge is -2.48. The van der Waals surface area contributed by atoms with Crippen LogP contribution < -0.4 is 9.64 Å². The molecule has 0 radical (unpaired) electrons. The first-order valence-corrected chi connectivity index (χ1v) is 16.1. The summed E-state index contributed by atoms with van der Waals surface area (Å²) in [5, 5.41) is 9.81. The Morgan fingerprint density at radius 1 is 1.09 bits per heavy atom. The van der Waals surface area contributed by atoms with Gasteiger partial charge in [-0.05, 0) is 89.9 Å². The molecule has 2 aliphatic heterocycles. The van der Waals surface area contributed by atoms with E-state index >= 15 is 0 Å². The molecule has 0 N–H and O–H groups in total. The van der Waals surface area contributed by atoms with Crippen LogP contribution in [0.5, 0.6) is 6.01 Å². The number of ether oxygens (including phenoxy) is 2. The normalized spacial score (nSPS) is 25.7. The molecule has 1 spiro atoms. The lowest BCUT2D eigenvalue weighted by atomic mass is 9.56. The second-order valence-electron chi connectivity index (χ2n) is 13.9. The first-order valence-electron chi connectivity index (χ1n) is 16.1. The summed E-state index contributed by atoms with van der Waals surface area (Å²) in [6, 6.07) is 12.2. The van der Waals surface area contributed by atoms with Gasteiger partial charge in [0, 0.05) is 56.0 Å². The number of hydrogen-bond acceptors (Lipinski definition) is 8. The van der Waals surface area contributed by atoms with Gasteiger partial charge in [0.05, 0.1) is 11.8 Å². The number of hydrogen-bond donors (Lipinski definition) is 0. The molecule has 6 rings (SSSR count). The summed E-state index contributed by atoms with van der Waals surface area (Å²) in [4.78, 5) is 29.4. The van der Waals surface area contributed by atoms with E-state index in [1.54, 1.807) is 4.90 Å². The Balaban J connectivity index is 1.31. The lowest BCUT2D eigenvalue weighted by molar-refractivity contribution is 0.0240. The van der Waals surface area contributed by atoms with Crippen molar-refractivity contribution < 1.29 is 14.3 Å². The van der Waals surface area contributed by atoms with Crippen molar-refractivity contribution in [3.63, 3.8) is 0 Å². The fourth-order valence-electron chi connectivity index (χ4n) is 7.78. The van der Waals surface area contributed by atoms with Gasteiger partial charge in [0.15, 0.2) is 0 Å². The van der Waals surface area contributed by atoms with Gasteiger partial charge in [-0.2, -0.15) is 15.2 Å². The van der Waals surface area contributed by atoms with Gasteiger partial charge >= 0.3 is 12.1 Å². The minimum absolute atomic E-state index is 0.110. The molecule has 2 aromatic rings. The molecule has 1 amide bonds. The number of aryl methyl sites for hydroxylation is 1. The van der Waals surface area contributed by atoms with E-state index in [1.165, 1.54) is 23.1 Å². The number of aromatic nitrogens is 2. The Morgan fingerprint density at radius 2 is 1.88 bits per heavy atom. The molecule has 3 atom stereocenters. The molecule has 1 unspecified atom stereocenters. The van der Waals surface area contributed by atoms with Crippen molar-refractivity contribution >= 4 is 11.9 Å². The van der Waals surface area contributed by atoms with Crippen LogP contribution >= 0.6 is 0 Å². The van der Waals surface area contributed by atoms with Crippen LogP contribution in [0.2, 0.25) is 0 Å². The van der Waals surface area contributed by atoms with Crippen molar-refractivity contribution in [2.24, 2.45) is 5.92 Å². The molecule has 2 aliphatic carbocycles. The number of rotatable bonds is 5. The van der Waals surface area contributed by atoms with E-state index in [-0.39, 0.29) is 11.5 Å². The van der Waals surface area contributed by atoms with E-state index in [9.17, 15) is 10.1 Å². The van der Waals surface area contributed by atoms with E-state index in [2.05, 4.69) is 47.2 Å². The Bertz CT molecular complexity index is 1380. The molecule has 9 nitrogen and oxygen atoms in total. The monoisotopic (exact) mass is 586 g/mol. The smallest absolute Gasteiger partial charge is 0.410 e. The quantitative estimate of drug-likeness (QED) is 0.488. The van der Waals surface area contributed by atoms with Gasteiger partial charge in [0.1, 0.15) is 18.0 Å². The number of fused-ring (bicyclic) bond motifs is 3. The number of carbonyl (C=O) groups is 1. The third-order valence-corrected chi connectivity index (χ3v) is 10.1. The molecule has 4 aliphatic rings. The molecule has 230 valence electrons. The van der Waals surface area contributed by atoms with Gasteiger partial charge in [-0.3, -0.25) is 0 Å². The average molecular weight is 587 g/mol. The second kappa shape index (κ2) is 12.0. The van der Waals surface area contributed by atoms with Crippen LogP contribution in [0.1, 0.15) is 75.3 Å². The van der Waals surface area contributed by atoms with Crippen molar-refractivity contribution in [3.8, 4) is 12.1 Å². The maximum Gasteiger partial charge on any atom is 0.410 e. The van der Waals surface area contributed by atoms with Crippen LogP contribution in [0.15, 0.2) is 24.3 Å². The highest BCUT2D eigenvalue weighted by atomic mass is 16.6. The minimum Gasteiger partial charge on any atom is -0.462 e. The summed E-state index contributed by atoms with van der Waals surface area (Å²) in [6.07, 6.45) is 7.29. The van der Waals surface area contributed by atoms with E-state index in [4.69, 9.17) is 19.4 Å². The van der Waals surface area contributed by atoms with Crippen LogP contribution in [0, 0.1) is 17.2 Å². The van der Waals surface area contributed by atoms with Crippen LogP contribution in [-0.4, -0.2) is 83.9 Å². The number of carbonyl (C=O) groups excluding carboxylic acids is 1. The van der Waals surface area contributed by atoms with E-state index < -0.39 is 5.60 Å². The van der Waals surface area contributed by atoms with Gasteiger partial charge in [0.2, 0.25) is 0 Å². The largest absolute Gasteiger partial charge is 0.462 e. The fraction of sp³-hybridized carbons (Fsp3) is 0.647. The number of amides is 1. The Hall–Kier alpha value is -3.38. The maximum atomic E-state index is 12.8. The second-order valence-corrected chi connectivity index (χ2v) is 13.9. The highest BCUT2D eigenvalue weighted by molar-refractivity contribution is 5.68. The number of likely N-dealkylation sites (tertiary alicyclic amines) is 1. The highest BCUT2D eigenvalue weighted by Gasteiger charge is 2.47. The zero-order valence-corrected chi connectivity index (χ0v) is 26.3. The van der Waals surface area contributed by atoms with Crippen molar-refractivity contribution in [1.29, 1.82) is 5.26 Å². The summed E-state index contributed by atoms with van der Waals surface area (Å²) in [5.74, 6) is 1.24. The number of nitriles is 1. The fourth-order valence-corrected chi connectivity index (χ4v) is 7.78. The lowest BCUT2D eigenvalue weighted by Crippen LogP contribution is -2.51. The van der Waals surface area contributed by atoms with Crippen molar-refractivity contribution in [2.45, 2.75) is 89.2 Å². The van der Waals surface area contributed by atoms with Gasteiger partial charge in [0.25, 0.3) is 0 Å². The standard InChI is InChI=1S/C34H46N6O3/c1-33(2,3)43-32(41)40-20-18-39(19-21-40)30-27-13-15-34(25(14-16-35)12-11-24-8-5-6-10-28(24)34)22-29(27)36-31(37-30)42-23-26-9-7-17-38(26)4/h5-6,8,10,25-26H,7,9,11-15,17-23H2,1-4H3/t25-,26-,34?/m0/s1. The van der Waals surface area contributed by atoms with E-state index in [0.29, 0.717) is 57.2 Å². The van der Waals surface area contributed by atoms with Crippen molar-refractivity contribution in [2.75, 3.05) is 51.3 Å². The summed E-state index contributed by atoms with van der Waals surface area (Å²) in [5.41, 5.74) is 4.43. The zero-order valence-electron chi connectivity index (χ0n) is 26.3. The topological polar surface area (TPSA) is 94.8 Å². The Morgan fingerprint density at radius 3 is 2.60 bits per heavy atom. The average Bonchev–Trinajstić information content (AvgIpc) is 3.41. The molecule has 43 heavy (non-hydrogen) atoms. The van der Waals surface area contributed by atoms with Gasteiger partial charge < -0.3 is 24.2 Å². The van der Waals surface area contributed by atoms with E-state index in [1.807, 2.05) is 20.8 Å². The number of anilines is 1. The van der Waals surface area contributed by atoms with Crippen LogP contribution in [0.4, 0.5) is 10.6 Å². The molecule has 2 fully saturated rings. The van der Waals surface area contributed by atoms with E-state index in [0.717, 1.165) is 56.6 Å². The van der Waals surface area contributed by atoms with Gasteiger partial charge in [-0.25, -0.2) is 4.79 Å². The molecule has 3 heterocycles. The summed E-state index contributed by atoms with van der Waals surface area (Å²) in [7, 11) is 2.16. The van der Waals surface area contributed by atoms with Crippen molar-refractivity contribution in [1.82, 2.24) is 19.8 Å². The predicted molar refractivity (Wildman–Crippen MR) is 165 cm³/mol. The number of benzene rings is 1. The maximum absolute atomic E-state index is 12.8. The van der Waals surface area contributed by atoms with Gasteiger partial charge in [-0.15, -0.1) is 0 Å². The molecule has 1 aromatic heterocycles. The Kier molecular flexibility index (Phi) is 8.25. The SMILES string of the molecule is CN1CCC[C@H]1COc1nc2c(c(N3CCN(C(=O)OC(C)(C)C)CC3)n1)CCC1(C2)c2ccccc2CC[C@H]1CC#N. The summed E-state index contributed by atoms with van der Waals surface area (Å²) in [6.45, 7) is 9.89. The summed E-state index contributed by atoms with van der Waals surface area (Å²) < 4.78 is 12.0. The third-order valence-electron chi connectivity index (χ3n) is 10.1. The highest BCUT2D eigenvalue weighted by Crippen LogP contribution is 2.51. The first-order chi connectivity index (χ1) is 20.7. The number of piperazine rings is 1. The third kappa shape index (κ3) is 6.04. The Labute approximate surface area is 256 Å². The van der Waals surface area contributed by atoms with Crippen LogP contribution in [0.3, 0.4) is 0 Å². The molecular weight excluding hydrogens is 540 g/mol. The molecular formula is C34H46N6O3. The molecule has 0 saturated carbocycles. The predicted octanol–water partition coefficient (Wildman–Crippen LogP) is 4.91. The molecule has 9 heteroatoms. The van der Waals surface area contributed by atoms with Crippen LogP contribution in [-0.2, 0) is 29.4 Å². The summed E-state index contributed by atoms with van der Waals surface area (Å²) >= 11 is 0. The number of nitrogens with zero attached hydrogens (tertiary/aromatic N) is 6. The number of likely N-dealkylation sites (N-methyl/N-ethyl adjacent to an activating group) is 1. The van der Waals surface area contributed by atoms with Crippen molar-refractivity contribution in [3.05, 3.63) is 46.6 Å². The van der Waals surface area contributed by atoms with Gasteiger partial charge in [-0.1, -0.05) is 24.3 Å². The minimum atomic E-state index is -0.517. The molecule has 2 saturated heterocycles.